The number of nitrogens with zero attached hydrogens (tertiary/aromatic N) is 3. The number of para-hydroxylation sites is 1. The summed E-state index contributed by atoms with van der Waals surface area (Å²) in [5, 5.41) is 14.5. The second-order valence-electron chi connectivity index (χ2n) is 10.6. The molecule has 4 saturated carbocycles. The van der Waals surface area contributed by atoms with Gasteiger partial charge in [0.1, 0.15) is 5.82 Å². The van der Waals surface area contributed by atoms with Crippen LogP contribution in [0.4, 0.5) is 0 Å². The Balaban J connectivity index is 1.13. The highest BCUT2D eigenvalue weighted by Crippen LogP contribution is 2.55. The maximum absolute atomic E-state index is 13.0. The smallest absolute Gasteiger partial charge is 0.230 e. The molecule has 33 heavy (non-hydrogen) atoms. The summed E-state index contributed by atoms with van der Waals surface area (Å²) in [6, 6.07) is 8.40. The summed E-state index contributed by atoms with van der Waals surface area (Å²) in [6.45, 7) is 5.03. The van der Waals surface area contributed by atoms with Gasteiger partial charge in [0.05, 0.1) is 5.75 Å². The van der Waals surface area contributed by atoms with Crippen molar-refractivity contribution in [2.24, 2.45) is 17.8 Å². The lowest BCUT2D eigenvalue weighted by Gasteiger charge is -2.56. The first-order valence-electron chi connectivity index (χ1n) is 12.4. The molecule has 0 radical (unpaired) electrons. The molecule has 4 aliphatic carbocycles. The third-order valence-electron chi connectivity index (χ3n) is 8.25. The Morgan fingerprint density at radius 2 is 1.85 bits per heavy atom. The third kappa shape index (κ3) is 3.88. The number of amides is 1. The van der Waals surface area contributed by atoms with Crippen LogP contribution in [0, 0.1) is 24.7 Å². The second-order valence-corrected chi connectivity index (χ2v) is 11.6. The van der Waals surface area contributed by atoms with E-state index in [1.165, 1.54) is 66.9 Å². The molecule has 0 spiro atoms. The predicted octanol–water partition coefficient (Wildman–Crippen LogP) is 4.86. The molecule has 0 aliphatic heterocycles. The van der Waals surface area contributed by atoms with Gasteiger partial charge < -0.3 is 14.9 Å². The van der Waals surface area contributed by atoms with Gasteiger partial charge in [-0.1, -0.05) is 30.0 Å². The first-order valence-corrected chi connectivity index (χ1v) is 13.4. The lowest BCUT2D eigenvalue weighted by molar-refractivity contribution is -0.124. The molecule has 4 aliphatic rings. The zero-order chi connectivity index (χ0) is 22.6. The van der Waals surface area contributed by atoms with Gasteiger partial charge in [0.2, 0.25) is 5.91 Å². The molecule has 3 aromatic rings. The molecule has 2 aromatic heterocycles. The molecule has 6 nitrogen and oxygen atoms in total. The van der Waals surface area contributed by atoms with Crippen molar-refractivity contribution in [3.05, 3.63) is 41.3 Å². The standard InChI is InChI=1S/C26H33N5OS/c1-3-31-23(11-21-16(2)27-22-7-5-4-6-20(21)22)29-30-25(31)33-15-24(32)28-26-12-17-8-18(13-26)10-19(9-17)14-26/h4-7,17-19,27H,3,8-15H2,1-2H3,(H,28,32). The highest BCUT2D eigenvalue weighted by Gasteiger charge is 2.51. The van der Waals surface area contributed by atoms with Crippen molar-refractivity contribution in [1.82, 2.24) is 25.1 Å². The summed E-state index contributed by atoms with van der Waals surface area (Å²) >= 11 is 1.52. The minimum Gasteiger partial charge on any atom is -0.358 e. The highest BCUT2D eigenvalue weighted by molar-refractivity contribution is 7.99. The number of thioether (sulfide) groups is 1. The van der Waals surface area contributed by atoms with Crippen LogP contribution in [-0.4, -0.2) is 36.9 Å². The molecule has 1 amide bonds. The first-order chi connectivity index (χ1) is 16.0. The number of hydrogen-bond acceptors (Lipinski definition) is 4. The Morgan fingerprint density at radius 3 is 2.55 bits per heavy atom. The molecule has 7 heteroatoms. The maximum atomic E-state index is 13.0. The monoisotopic (exact) mass is 463 g/mol. The van der Waals surface area contributed by atoms with Crippen LogP contribution in [0.15, 0.2) is 29.4 Å². The molecule has 0 atom stereocenters. The van der Waals surface area contributed by atoms with Crippen molar-refractivity contribution in [1.29, 1.82) is 0 Å². The normalized spacial score (nSPS) is 28.0. The predicted molar refractivity (Wildman–Crippen MR) is 131 cm³/mol. The van der Waals surface area contributed by atoms with Crippen molar-refractivity contribution in [2.45, 2.75) is 76.0 Å². The molecule has 4 bridgehead atoms. The number of fused-ring (bicyclic) bond motifs is 1. The van der Waals surface area contributed by atoms with E-state index >= 15 is 0 Å². The first kappa shape index (κ1) is 21.3. The molecular formula is C26H33N5OS. The summed E-state index contributed by atoms with van der Waals surface area (Å²) in [5.41, 5.74) is 3.67. The van der Waals surface area contributed by atoms with Crippen molar-refractivity contribution in [3.63, 3.8) is 0 Å². The topological polar surface area (TPSA) is 75.6 Å². The maximum Gasteiger partial charge on any atom is 0.230 e. The second kappa shape index (κ2) is 8.19. The van der Waals surface area contributed by atoms with E-state index in [1.807, 2.05) is 0 Å². The Labute approximate surface area is 199 Å². The van der Waals surface area contributed by atoms with Gasteiger partial charge in [-0.25, -0.2) is 0 Å². The number of benzene rings is 1. The summed E-state index contributed by atoms with van der Waals surface area (Å²) in [5.74, 6) is 4.02. The summed E-state index contributed by atoms with van der Waals surface area (Å²) in [4.78, 5) is 16.4. The number of carbonyl (C=O) groups is 1. The van der Waals surface area contributed by atoms with E-state index in [0.29, 0.717) is 5.75 Å². The van der Waals surface area contributed by atoms with E-state index in [-0.39, 0.29) is 11.4 Å². The fourth-order valence-electron chi connectivity index (χ4n) is 7.32. The molecule has 2 N–H and O–H groups in total. The Morgan fingerprint density at radius 1 is 1.15 bits per heavy atom. The SMILES string of the molecule is CCn1c(Cc2c(C)[nH]c3ccccc23)nnc1SCC(=O)NC12CC3CC(CC(C3)C1)C2. The number of H-pyrrole nitrogens is 1. The quantitative estimate of drug-likeness (QED) is 0.491. The van der Waals surface area contributed by atoms with Crippen LogP contribution in [0.5, 0.6) is 0 Å². The average Bonchev–Trinajstić information content (AvgIpc) is 3.31. The Bertz CT molecular complexity index is 1160. The summed E-state index contributed by atoms with van der Waals surface area (Å²) in [6.07, 6.45) is 8.47. The van der Waals surface area contributed by atoms with Gasteiger partial charge in [0, 0.05) is 35.1 Å². The largest absolute Gasteiger partial charge is 0.358 e. The van der Waals surface area contributed by atoms with Crippen molar-refractivity contribution < 1.29 is 4.79 Å². The molecule has 2 heterocycles. The number of carbonyl (C=O) groups excluding carboxylic acids is 1. The van der Waals surface area contributed by atoms with E-state index in [1.54, 1.807) is 0 Å². The minimum absolute atomic E-state index is 0.0723. The molecule has 0 unspecified atom stereocenters. The fraction of sp³-hybridized carbons (Fsp3) is 0.577. The van der Waals surface area contributed by atoms with Crippen LogP contribution in [0.2, 0.25) is 0 Å². The molecule has 7 rings (SSSR count). The zero-order valence-electron chi connectivity index (χ0n) is 19.6. The molecule has 1 aromatic carbocycles. The number of aryl methyl sites for hydroxylation is 1. The number of aromatic nitrogens is 4. The van der Waals surface area contributed by atoms with E-state index in [0.717, 1.165) is 47.2 Å². The number of nitrogens with one attached hydrogen (secondary N) is 2. The van der Waals surface area contributed by atoms with E-state index in [9.17, 15) is 4.79 Å². The highest BCUT2D eigenvalue weighted by atomic mass is 32.2. The fourth-order valence-corrected chi connectivity index (χ4v) is 8.14. The Kier molecular flexibility index (Phi) is 5.28. The number of rotatable bonds is 7. The lowest BCUT2D eigenvalue weighted by atomic mass is 9.53. The van der Waals surface area contributed by atoms with Crippen molar-refractivity contribution in [3.8, 4) is 0 Å². The van der Waals surface area contributed by atoms with Crippen LogP contribution < -0.4 is 5.32 Å². The van der Waals surface area contributed by atoms with Gasteiger partial charge in [0.25, 0.3) is 0 Å². The Hall–Kier alpha value is -2.28. The third-order valence-corrected chi connectivity index (χ3v) is 9.21. The van der Waals surface area contributed by atoms with Crippen LogP contribution in [0.25, 0.3) is 10.9 Å². The lowest BCUT2D eigenvalue weighted by Crippen LogP contribution is -2.60. The van der Waals surface area contributed by atoms with Crippen LogP contribution in [0.3, 0.4) is 0 Å². The summed E-state index contributed by atoms with van der Waals surface area (Å²) in [7, 11) is 0. The number of hydrogen-bond donors (Lipinski definition) is 2. The van der Waals surface area contributed by atoms with Crippen molar-refractivity contribution >= 4 is 28.6 Å². The van der Waals surface area contributed by atoms with Gasteiger partial charge in [-0.3, -0.25) is 4.79 Å². The molecular weight excluding hydrogens is 430 g/mol. The van der Waals surface area contributed by atoms with E-state index < -0.39 is 0 Å². The average molecular weight is 464 g/mol. The minimum atomic E-state index is 0.0723. The summed E-state index contributed by atoms with van der Waals surface area (Å²) < 4.78 is 2.16. The van der Waals surface area contributed by atoms with Crippen LogP contribution in [0.1, 0.15) is 62.5 Å². The van der Waals surface area contributed by atoms with Gasteiger partial charge in [0.15, 0.2) is 5.16 Å². The zero-order valence-corrected chi connectivity index (χ0v) is 20.4. The van der Waals surface area contributed by atoms with E-state index in [2.05, 4.69) is 63.2 Å². The van der Waals surface area contributed by atoms with Crippen molar-refractivity contribution in [2.75, 3.05) is 5.75 Å². The molecule has 174 valence electrons. The van der Waals surface area contributed by atoms with Crippen LogP contribution >= 0.6 is 11.8 Å². The van der Waals surface area contributed by atoms with Gasteiger partial charge in [-0.15, -0.1) is 10.2 Å². The molecule has 0 saturated heterocycles. The van der Waals surface area contributed by atoms with Crippen LogP contribution in [-0.2, 0) is 17.8 Å². The van der Waals surface area contributed by atoms with E-state index in [4.69, 9.17) is 0 Å². The number of aromatic amines is 1. The van der Waals surface area contributed by atoms with Gasteiger partial charge >= 0.3 is 0 Å². The van der Waals surface area contributed by atoms with Gasteiger partial charge in [-0.2, -0.15) is 0 Å². The van der Waals surface area contributed by atoms with Gasteiger partial charge in [-0.05, 0) is 81.8 Å². The molecule has 4 fully saturated rings.